The van der Waals surface area contributed by atoms with Crippen molar-refractivity contribution in [3.8, 4) is 0 Å². The van der Waals surface area contributed by atoms with E-state index in [0.717, 1.165) is 25.6 Å². The molecule has 2 N–H and O–H groups in total. The van der Waals surface area contributed by atoms with Crippen molar-refractivity contribution in [2.24, 2.45) is 11.7 Å². The fraction of sp³-hybridized carbons (Fsp3) is 0.786. The van der Waals surface area contributed by atoms with Crippen molar-refractivity contribution in [2.45, 2.75) is 52.2 Å². The molecule has 0 aliphatic carbocycles. The maximum absolute atomic E-state index is 5.92. The Hall–Kier alpha value is -0.870. The smallest absolute Gasteiger partial charge is 0.0951 e. The van der Waals surface area contributed by atoms with Gasteiger partial charge in [0.15, 0.2) is 0 Å². The molecule has 1 aromatic rings. The molecular formula is C14H26N4. The second kappa shape index (κ2) is 5.85. The lowest BCUT2D eigenvalue weighted by atomic mass is 9.92. The fourth-order valence-electron chi connectivity index (χ4n) is 2.88. The van der Waals surface area contributed by atoms with Crippen LogP contribution in [-0.2, 0) is 6.54 Å². The van der Waals surface area contributed by atoms with E-state index >= 15 is 0 Å². The van der Waals surface area contributed by atoms with Gasteiger partial charge in [0.05, 0.1) is 12.0 Å². The summed E-state index contributed by atoms with van der Waals surface area (Å²) in [7, 11) is 0. The first-order valence-corrected chi connectivity index (χ1v) is 7.06. The van der Waals surface area contributed by atoms with Crippen LogP contribution in [-0.4, -0.2) is 33.6 Å². The summed E-state index contributed by atoms with van der Waals surface area (Å²) in [6.07, 6.45) is 6.44. The zero-order valence-corrected chi connectivity index (χ0v) is 11.8. The van der Waals surface area contributed by atoms with Gasteiger partial charge in [0, 0.05) is 31.4 Å². The van der Waals surface area contributed by atoms with Gasteiger partial charge in [-0.05, 0) is 39.2 Å². The molecule has 1 aromatic heterocycles. The number of piperidine rings is 1. The van der Waals surface area contributed by atoms with Gasteiger partial charge >= 0.3 is 0 Å². The number of nitrogens with zero attached hydrogens (tertiary/aromatic N) is 3. The monoisotopic (exact) mass is 250 g/mol. The third-order valence-corrected chi connectivity index (χ3v) is 4.04. The molecule has 1 saturated heterocycles. The lowest BCUT2D eigenvalue weighted by Gasteiger charge is -2.38. The molecular weight excluding hydrogens is 224 g/mol. The number of aromatic nitrogens is 2. The van der Waals surface area contributed by atoms with Gasteiger partial charge in [-0.3, -0.25) is 4.90 Å². The van der Waals surface area contributed by atoms with Crippen LogP contribution in [0.25, 0.3) is 0 Å². The highest BCUT2D eigenvalue weighted by atomic mass is 15.2. The van der Waals surface area contributed by atoms with E-state index in [9.17, 15) is 0 Å². The van der Waals surface area contributed by atoms with E-state index in [1.165, 1.54) is 18.5 Å². The molecule has 0 saturated carbocycles. The number of rotatable bonds is 4. The van der Waals surface area contributed by atoms with Gasteiger partial charge in [-0.2, -0.15) is 0 Å². The first kappa shape index (κ1) is 13.6. The number of hydrogen-bond acceptors (Lipinski definition) is 3. The highest BCUT2D eigenvalue weighted by Crippen LogP contribution is 2.24. The maximum atomic E-state index is 5.92. The molecule has 1 aliphatic heterocycles. The molecule has 2 heterocycles. The van der Waals surface area contributed by atoms with Crippen molar-refractivity contribution in [1.82, 2.24) is 14.5 Å². The Balaban J connectivity index is 2.05. The van der Waals surface area contributed by atoms with Gasteiger partial charge in [0.1, 0.15) is 0 Å². The van der Waals surface area contributed by atoms with E-state index in [4.69, 9.17) is 5.73 Å². The predicted molar refractivity (Wildman–Crippen MR) is 74.3 cm³/mol. The van der Waals surface area contributed by atoms with Gasteiger partial charge in [0.2, 0.25) is 0 Å². The number of nitrogens with two attached hydrogens (primary N) is 1. The molecule has 0 bridgehead atoms. The summed E-state index contributed by atoms with van der Waals surface area (Å²) in [5, 5.41) is 0. The van der Waals surface area contributed by atoms with Crippen LogP contribution < -0.4 is 5.73 Å². The van der Waals surface area contributed by atoms with Crippen molar-refractivity contribution in [3.63, 3.8) is 0 Å². The molecule has 1 aliphatic rings. The second-order valence-corrected chi connectivity index (χ2v) is 5.88. The minimum absolute atomic E-state index is 0.475. The molecule has 2 atom stereocenters. The zero-order valence-electron chi connectivity index (χ0n) is 11.8. The van der Waals surface area contributed by atoms with Crippen LogP contribution in [0.5, 0.6) is 0 Å². The van der Waals surface area contributed by atoms with E-state index in [0.29, 0.717) is 12.1 Å². The number of imidazole rings is 1. The average molecular weight is 250 g/mol. The maximum Gasteiger partial charge on any atom is 0.0951 e. The highest BCUT2D eigenvalue weighted by molar-refractivity contribution is 5.01. The first-order valence-electron chi connectivity index (χ1n) is 7.06. The Morgan fingerprint density at radius 1 is 1.50 bits per heavy atom. The molecule has 0 amide bonds. The average Bonchev–Trinajstić information content (AvgIpc) is 2.79. The molecule has 18 heavy (non-hydrogen) atoms. The molecule has 0 radical (unpaired) electrons. The second-order valence-electron chi connectivity index (χ2n) is 5.88. The minimum atomic E-state index is 0.475. The summed E-state index contributed by atoms with van der Waals surface area (Å²) in [6, 6.07) is 1.01. The normalized spacial score (nSPS) is 25.8. The Labute approximate surface area is 110 Å². The minimum Gasteiger partial charge on any atom is -0.331 e. The molecule has 1 fully saturated rings. The van der Waals surface area contributed by atoms with Gasteiger partial charge in [-0.15, -0.1) is 0 Å². The molecule has 2 rings (SSSR count). The van der Waals surface area contributed by atoms with Crippen molar-refractivity contribution in [1.29, 1.82) is 0 Å². The van der Waals surface area contributed by atoms with E-state index in [1.807, 2.05) is 12.5 Å². The SMILES string of the molecule is CC1CCN(Cc2cncn2C(C)C)C(CN)C1. The Kier molecular flexibility index (Phi) is 4.40. The third kappa shape index (κ3) is 2.93. The zero-order chi connectivity index (χ0) is 13.1. The van der Waals surface area contributed by atoms with E-state index in [-0.39, 0.29) is 0 Å². The molecule has 2 unspecified atom stereocenters. The molecule has 0 spiro atoms. The van der Waals surface area contributed by atoms with Crippen molar-refractivity contribution in [3.05, 3.63) is 18.2 Å². The van der Waals surface area contributed by atoms with Gasteiger partial charge < -0.3 is 10.3 Å². The van der Waals surface area contributed by atoms with Gasteiger partial charge in [0.25, 0.3) is 0 Å². The van der Waals surface area contributed by atoms with Crippen molar-refractivity contribution >= 4 is 0 Å². The Bertz CT molecular complexity index is 372. The van der Waals surface area contributed by atoms with Crippen LogP contribution >= 0.6 is 0 Å². The Morgan fingerprint density at radius 3 is 2.94 bits per heavy atom. The summed E-state index contributed by atoms with van der Waals surface area (Å²) in [5.74, 6) is 0.810. The first-order chi connectivity index (χ1) is 8.61. The van der Waals surface area contributed by atoms with Crippen molar-refractivity contribution < 1.29 is 0 Å². The van der Waals surface area contributed by atoms with Crippen LogP contribution in [0.3, 0.4) is 0 Å². The lowest BCUT2D eigenvalue weighted by Crippen LogP contribution is -2.45. The van der Waals surface area contributed by atoms with E-state index in [1.54, 1.807) is 0 Å². The number of hydrogen-bond donors (Lipinski definition) is 1. The van der Waals surface area contributed by atoms with Crippen LogP contribution in [0, 0.1) is 5.92 Å². The topological polar surface area (TPSA) is 47.1 Å². The number of likely N-dealkylation sites (tertiary alicyclic amines) is 1. The Morgan fingerprint density at radius 2 is 2.28 bits per heavy atom. The van der Waals surface area contributed by atoms with E-state index in [2.05, 4.69) is 35.2 Å². The van der Waals surface area contributed by atoms with Crippen LogP contribution in [0.15, 0.2) is 12.5 Å². The van der Waals surface area contributed by atoms with Crippen molar-refractivity contribution in [2.75, 3.05) is 13.1 Å². The summed E-state index contributed by atoms with van der Waals surface area (Å²) in [5.41, 5.74) is 7.22. The van der Waals surface area contributed by atoms with Crippen LogP contribution in [0.1, 0.15) is 45.3 Å². The molecule has 0 aromatic carbocycles. The van der Waals surface area contributed by atoms with Gasteiger partial charge in [-0.25, -0.2) is 4.98 Å². The third-order valence-electron chi connectivity index (χ3n) is 4.04. The highest BCUT2D eigenvalue weighted by Gasteiger charge is 2.26. The largest absolute Gasteiger partial charge is 0.331 e. The quantitative estimate of drug-likeness (QED) is 0.889. The fourth-order valence-corrected chi connectivity index (χ4v) is 2.88. The van der Waals surface area contributed by atoms with Gasteiger partial charge in [-0.1, -0.05) is 6.92 Å². The van der Waals surface area contributed by atoms with E-state index < -0.39 is 0 Å². The van der Waals surface area contributed by atoms with Crippen LogP contribution in [0.2, 0.25) is 0 Å². The summed E-state index contributed by atoms with van der Waals surface area (Å²) < 4.78 is 2.26. The summed E-state index contributed by atoms with van der Waals surface area (Å²) in [4.78, 5) is 6.80. The molecule has 102 valence electrons. The standard InChI is InChI=1S/C14H26N4/c1-11(2)18-10-16-8-14(18)9-17-5-4-12(3)6-13(17)7-15/h8,10-13H,4-7,9,15H2,1-3H3. The lowest BCUT2D eigenvalue weighted by molar-refractivity contribution is 0.112. The molecule has 4 heteroatoms. The predicted octanol–water partition coefficient (Wildman–Crippen LogP) is 2.02. The summed E-state index contributed by atoms with van der Waals surface area (Å²) >= 11 is 0. The summed E-state index contributed by atoms with van der Waals surface area (Å²) in [6.45, 7) is 9.63. The van der Waals surface area contributed by atoms with Crippen LogP contribution in [0.4, 0.5) is 0 Å². The molecule has 4 nitrogen and oxygen atoms in total.